The number of piperidine rings is 1. The summed E-state index contributed by atoms with van der Waals surface area (Å²) in [5, 5.41) is 6.94. The van der Waals surface area contributed by atoms with Gasteiger partial charge in [0.2, 0.25) is 0 Å². The number of furan rings is 1. The van der Waals surface area contributed by atoms with Crippen molar-refractivity contribution >= 4 is 5.91 Å². The quantitative estimate of drug-likeness (QED) is 0.794. The molecule has 5 nitrogen and oxygen atoms in total. The van der Waals surface area contributed by atoms with Gasteiger partial charge in [0, 0.05) is 30.4 Å². The zero-order chi connectivity index (χ0) is 16.4. The van der Waals surface area contributed by atoms with Crippen LogP contribution < -0.4 is 0 Å². The molecule has 3 heterocycles. The van der Waals surface area contributed by atoms with Gasteiger partial charge in [-0.05, 0) is 43.5 Å². The lowest BCUT2D eigenvalue weighted by Gasteiger charge is -2.25. The zero-order valence-electron chi connectivity index (χ0n) is 13.4. The van der Waals surface area contributed by atoms with Crippen LogP contribution >= 0.6 is 0 Å². The summed E-state index contributed by atoms with van der Waals surface area (Å²) in [5.74, 6) is 1.11. The van der Waals surface area contributed by atoms with Gasteiger partial charge < -0.3 is 9.32 Å². The summed E-state index contributed by atoms with van der Waals surface area (Å²) < 4.78 is 5.84. The number of rotatable bonds is 3. The van der Waals surface area contributed by atoms with E-state index in [1.165, 1.54) is 6.42 Å². The number of aromatic nitrogens is 2. The fourth-order valence-electron chi connectivity index (χ4n) is 3.12. The van der Waals surface area contributed by atoms with Crippen molar-refractivity contribution < 1.29 is 9.21 Å². The molecule has 1 aliphatic heterocycles. The maximum atomic E-state index is 12.5. The van der Waals surface area contributed by atoms with Crippen molar-refractivity contribution in [1.29, 1.82) is 0 Å². The van der Waals surface area contributed by atoms with Crippen LogP contribution in [0, 0.1) is 0 Å². The molecule has 1 fully saturated rings. The summed E-state index contributed by atoms with van der Waals surface area (Å²) in [5.41, 5.74) is 2.93. The van der Waals surface area contributed by atoms with Gasteiger partial charge in [-0.15, -0.1) is 0 Å². The fourth-order valence-corrected chi connectivity index (χ4v) is 3.12. The number of benzene rings is 1. The summed E-state index contributed by atoms with van der Waals surface area (Å²) in [6.07, 6.45) is 5.08. The molecule has 0 saturated carbocycles. The van der Waals surface area contributed by atoms with Crippen molar-refractivity contribution in [2.45, 2.75) is 19.3 Å². The Morgan fingerprint density at radius 3 is 2.67 bits per heavy atom. The van der Waals surface area contributed by atoms with Crippen molar-refractivity contribution in [1.82, 2.24) is 15.1 Å². The highest BCUT2D eigenvalue weighted by molar-refractivity contribution is 5.92. The number of nitrogens with one attached hydrogen (secondary N) is 1. The Hall–Kier alpha value is -2.82. The minimum absolute atomic E-state index is 0.00864. The third kappa shape index (κ3) is 2.85. The van der Waals surface area contributed by atoms with Crippen LogP contribution in [-0.4, -0.2) is 34.1 Å². The number of H-pyrrole nitrogens is 1. The predicted molar refractivity (Wildman–Crippen MR) is 91.5 cm³/mol. The van der Waals surface area contributed by atoms with E-state index >= 15 is 0 Å². The van der Waals surface area contributed by atoms with Crippen LogP contribution in [0.2, 0.25) is 0 Å². The van der Waals surface area contributed by atoms with Gasteiger partial charge in [-0.3, -0.25) is 9.89 Å². The highest BCUT2D eigenvalue weighted by atomic mass is 16.4. The number of hydrogen-bond acceptors (Lipinski definition) is 3. The summed E-state index contributed by atoms with van der Waals surface area (Å²) in [7, 11) is 0. The molecule has 24 heavy (non-hydrogen) atoms. The monoisotopic (exact) mass is 321 g/mol. The molecule has 0 spiro atoms. The number of amides is 1. The van der Waals surface area contributed by atoms with Gasteiger partial charge in [-0.25, -0.2) is 0 Å². The van der Waals surface area contributed by atoms with Gasteiger partial charge in [0.25, 0.3) is 5.91 Å². The van der Waals surface area contributed by atoms with Crippen LogP contribution in [0.25, 0.3) is 22.6 Å². The fraction of sp³-hybridized carbons (Fsp3) is 0.263. The van der Waals surface area contributed by atoms with E-state index in [0.29, 0.717) is 11.5 Å². The predicted octanol–water partition coefficient (Wildman–Crippen LogP) is 3.96. The molecular weight excluding hydrogens is 302 g/mol. The molecule has 122 valence electrons. The minimum Gasteiger partial charge on any atom is -0.451 e. The van der Waals surface area contributed by atoms with Gasteiger partial charge >= 0.3 is 0 Å². The van der Waals surface area contributed by atoms with Crippen LogP contribution in [0.5, 0.6) is 0 Å². The van der Waals surface area contributed by atoms with Gasteiger partial charge in [0.15, 0.2) is 5.76 Å². The number of hydrogen-bond donors (Lipinski definition) is 1. The van der Waals surface area contributed by atoms with Crippen LogP contribution in [-0.2, 0) is 0 Å². The topological polar surface area (TPSA) is 62.1 Å². The van der Waals surface area contributed by atoms with Crippen LogP contribution in [0.15, 0.2) is 53.1 Å². The standard InChI is InChI=1S/C19H19N3O2/c23-19(22-11-2-1-3-12-22)18-8-7-17(24-18)15-6-4-5-14(13-15)16-9-10-20-21-16/h4-10,13H,1-3,11-12H2,(H,20,21). The van der Waals surface area contributed by atoms with Crippen molar-refractivity contribution in [3.05, 3.63) is 54.4 Å². The molecule has 2 aromatic heterocycles. The molecule has 4 rings (SSSR count). The molecule has 0 unspecified atom stereocenters. The molecule has 1 saturated heterocycles. The highest BCUT2D eigenvalue weighted by Crippen LogP contribution is 2.27. The first-order chi connectivity index (χ1) is 11.8. The van der Waals surface area contributed by atoms with E-state index in [0.717, 1.165) is 42.8 Å². The first-order valence-corrected chi connectivity index (χ1v) is 8.30. The van der Waals surface area contributed by atoms with E-state index in [9.17, 15) is 4.79 Å². The SMILES string of the molecule is O=C(c1ccc(-c2cccc(-c3ccn[nH]3)c2)o1)N1CCCCC1. The van der Waals surface area contributed by atoms with E-state index in [4.69, 9.17) is 4.42 Å². The van der Waals surface area contributed by atoms with Crippen molar-refractivity contribution in [2.24, 2.45) is 0 Å². The average molecular weight is 321 g/mol. The Labute approximate surface area is 140 Å². The van der Waals surface area contributed by atoms with E-state index in [2.05, 4.69) is 10.2 Å². The van der Waals surface area contributed by atoms with E-state index in [1.807, 2.05) is 41.3 Å². The Morgan fingerprint density at radius 1 is 1.04 bits per heavy atom. The largest absolute Gasteiger partial charge is 0.451 e. The second-order valence-electron chi connectivity index (χ2n) is 6.07. The van der Waals surface area contributed by atoms with Gasteiger partial charge in [-0.1, -0.05) is 18.2 Å². The summed E-state index contributed by atoms with van der Waals surface area (Å²) in [6, 6.07) is 13.6. The number of nitrogens with zero attached hydrogens (tertiary/aromatic N) is 2. The maximum Gasteiger partial charge on any atom is 0.289 e. The second kappa shape index (κ2) is 6.35. The average Bonchev–Trinajstić information content (AvgIpc) is 3.34. The first kappa shape index (κ1) is 14.8. The summed E-state index contributed by atoms with van der Waals surface area (Å²) >= 11 is 0. The van der Waals surface area contributed by atoms with E-state index < -0.39 is 0 Å². The van der Waals surface area contributed by atoms with Crippen LogP contribution in [0.1, 0.15) is 29.8 Å². The van der Waals surface area contributed by atoms with Gasteiger partial charge in [0.05, 0.1) is 5.69 Å². The smallest absolute Gasteiger partial charge is 0.289 e. The van der Waals surface area contributed by atoms with Gasteiger partial charge in [-0.2, -0.15) is 5.10 Å². The van der Waals surface area contributed by atoms with Crippen molar-refractivity contribution in [2.75, 3.05) is 13.1 Å². The van der Waals surface area contributed by atoms with Gasteiger partial charge in [0.1, 0.15) is 5.76 Å². The lowest BCUT2D eigenvalue weighted by Crippen LogP contribution is -2.35. The number of aromatic amines is 1. The Balaban J connectivity index is 1.58. The zero-order valence-corrected chi connectivity index (χ0v) is 13.4. The number of carbonyl (C=O) groups excluding carboxylic acids is 1. The number of carbonyl (C=O) groups is 1. The molecule has 0 bridgehead atoms. The molecule has 0 aliphatic carbocycles. The molecule has 0 atom stereocenters. The normalized spacial score (nSPS) is 14.8. The van der Waals surface area contributed by atoms with Crippen LogP contribution in [0.4, 0.5) is 0 Å². The number of likely N-dealkylation sites (tertiary alicyclic amines) is 1. The molecular formula is C19H19N3O2. The summed E-state index contributed by atoms with van der Waals surface area (Å²) in [4.78, 5) is 14.4. The lowest BCUT2D eigenvalue weighted by atomic mass is 10.1. The first-order valence-electron chi connectivity index (χ1n) is 8.30. The summed E-state index contributed by atoms with van der Waals surface area (Å²) in [6.45, 7) is 1.65. The molecule has 5 heteroatoms. The molecule has 0 radical (unpaired) electrons. The maximum absolute atomic E-state index is 12.5. The third-order valence-corrected chi connectivity index (χ3v) is 4.42. The van der Waals surface area contributed by atoms with E-state index in [-0.39, 0.29) is 5.91 Å². The Kier molecular flexibility index (Phi) is 3.91. The molecule has 1 amide bonds. The van der Waals surface area contributed by atoms with Crippen LogP contribution in [0.3, 0.4) is 0 Å². The molecule has 1 N–H and O–H groups in total. The Morgan fingerprint density at radius 2 is 1.88 bits per heavy atom. The molecule has 3 aromatic rings. The van der Waals surface area contributed by atoms with Crippen molar-refractivity contribution in [3.8, 4) is 22.6 Å². The van der Waals surface area contributed by atoms with E-state index in [1.54, 1.807) is 12.3 Å². The Bertz CT molecular complexity index is 830. The lowest BCUT2D eigenvalue weighted by molar-refractivity contribution is 0.0693. The molecule has 1 aliphatic rings. The molecule has 1 aromatic carbocycles. The second-order valence-corrected chi connectivity index (χ2v) is 6.07. The highest BCUT2D eigenvalue weighted by Gasteiger charge is 2.21. The third-order valence-electron chi connectivity index (χ3n) is 4.42. The van der Waals surface area contributed by atoms with Crippen molar-refractivity contribution in [3.63, 3.8) is 0 Å². The minimum atomic E-state index is -0.00864.